The molecule has 2 rings (SSSR count). The van der Waals surface area contributed by atoms with Gasteiger partial charge in [0.05, 0.1) is 0 Å². The van der Waals surface area contributed by atoms with Gasteiger partial charge in [-0.15, -0.1) is 0 Å². The van der Waals surface area contributed by atoms with Crippen molar-refractivity contribution in [2.75, 3.05) is 6.54 Å². The number of Topliss-reactive ketones (excluding diaryl/α,β-unsaturated/α-hetero) is 1. The van der Waals surface area contributed by atoms with Crippen LogP contribution in [0, 0.1) is 0 Å². The van der Waals surface area contributed by atoms with E-state index in [0.29, 0.717) is 18.7 Å². The first-order valence-electron chi connectivity index (χ1n) is 7.42. The largest absolute Gasteiger partial charge is 0.481 e. The number of amides is 3. The summed E-state index contributed by atoms with van der Waals surface area (Å²) in [5.41, 5.74) is 1.68. The van der Waals surface area contributed by atoms with Crippen LogP contribution in [0.4, 0.5) is 4.79 Å². The van der Waals surface area contributed by atoms with E-state index < -0.39 is 18.0 Å². The average Bonchev–Trinajstić information content (AvgIpc) is 2.47. The molecule has 0 heterocycles. The molecule has 1 aliphatic rings. The Balaban J connectivity index is 2.00. The monoisotopic (exact) mass is 304 g/mol. The Morgan fingerprint density at radius 3 is 2.82 bits per heavy atom. The fourth-order valence-corrected chi connectivity index (χ4v) is 2.37. The van der Waals surface area contributed by atoms with Crippen LogP contribution in [0.3, 0.4) is 0 Å². The Morgan fingerprint density at radius 2 is 2.09 bits per heavy atom. The second kappa shape index (κ2) is 7.06. The number of carbonyl (C=O) groups excluding carboxylic acids is 3. The first-order valence-corrected chi connectivity index (χ1v) is 7.42. The number of ketones is 1. The Kier molecular flexibility index (Phi) is 5.14. The molecule has 0 aliphatic heterocycles. The molecule has 118 valence electrons. The number of benzene rings is 1. The quantitative estimate of drug-likeness (QED) is 0.888. The maximum absolute atomic E-state index is 11.8. The number of carbonyl (C=O) groups is 3. The molecule has 0 spiro atoms. The van der Waals surface area contributed by atoms with Crippen molar-refractivity contribution in [3.8, 4) is 5.75 Å². The molecule has 1 unspecified atom stereocenters. The third-order valence-electron chi connectivity index (χ3n) is 3.48. The van der Waals surface area contributed by atoms with E-state index >= 15 is 0 Å². The molecule has 22 heavy (non-hydrogen) atoms. The third kappa shape index (κ3) is 3.84. The molecule has 0 radical (unpaired) electrons. The van der Waals surface area contributed by atoms with E-state index in [1.165, 1.54) is 0 Å². The van der Waals surface area contributed by atoms with Crippen LogP contribution in [0.5, 0.6) is 5.75 Å². The van der Waals surface area contributed by atoms with Gasteiger partial charge in [-0.25, -0.2) is 4.79 Å². The van der Waals surface area contributed by atoms with Crippen LogP contribution in [0.15, 0.2) is 18.2 Å². The van der Waals surface area contributed by atoms with Crippen LogP contribution in [0.2, 0.25) is 0 Å². The highest BCUT2D eigenvalue weighted by molar-refractivity contribution is 5.98. The summed E-state index contributed by atoms with van der Waals surface area (Å²) < 4.78 is 5.55. The highest BCUT2D eigenvalue weighted by atomic mass is 16.5. The van der Waals surface area contributed by atoms with Gasteiger partial charge in [0.15, 0.2) is 11.9 Å². The van der Waals surface area contributed by atoms with Crippen molar-refractivity contribution < 1.29 is 19.1 Å². The van der Waals surface area contributed by atoms with Gasteiger partial charge in [0.25, 0.3) is 5.91 Å². The molecule has 1 aromatic rings. The Hall–Kier alpha value is -2.37. The Bertz CT molecular complexity index is 598. The lowest BCUT2D eigenvalue weighted by Gasteiger charge is -2.18. The van der Waals surface area contributed by atoms with Crippen molar-refractivity contribution >= 4 is 17.7 Å². The molecule has 6 nitrogen and oxygen atoms in total. The third-order valence-corrected chi connectivity index (χ3v) is 3.48. The zero-order valence-corrected chi connectivity index (χ0v) is 12.8. The van der Waals surface area contributed by atoms with Gasteiger partial charge in [-0.05, 0) is 50.5 Å². The molecule has 0 saturated heterocycles. The lowest BCUT2D eigenvalue weighted by molar-refractivity contribution is -0.126. The second-order valence-corrected chi connectivity index (χ2v) is 5.20. The van der Waals surface area contributed by atoms with Gasteiger partial charge in [0.2, 0.25) is 0 Å². The molecule has 0 saturated carbocycles. The van der Waals surface area contributed by atoms with Crippen molar-refractivity contribution in [3.63, 3.8) is 0 Å². The average molecular weight is 304 g/mol. The zero-order valence-electron chi connectivity index (χ0n) is 12.8. The molecule has 1 aromatic carbocycles. The fourth-order valence-electron chi connectivity index (χ4n) is 2.37. The maximum atomic E-state index is 11.8. The molecule has 1 aliphatic carbocycles. The minimum absolute atomic E-state index is 0.148. The first-order chi connectivity index (χ1) is 10.5. The minimum Gasteiger partial charge on any atom is -0.481 e. The van der Waals surface area contributed by atoms with E-state index in [2.05, 4.69) is 10.6 Å². The maximum Gasteiger partial charge on any atom is 0.321 e. The van der Waals surface area contributed by atoms with E-state index in [-0.39, 0.29) is 5.78 Å². The van der Waals surface area contributed by atoms with E-state index in [1.807, 2.05) is 0 Å². The fraction of sp³-hybridized carbons (Fsp3) is 0.438. The highest BCUT2D eigenvalue weighted by Gasteiger charge is 2.20. The van der Waals surface area contributed by atoms with Gasteiger partial charge in [0.1, 0.15) is 5.75 Å². The standard InChI is InChI=1S/C16H20N2O4/c1-3-17-16(21)18-15(20)10(2)22-12-7-8-13-11(9-12)5-4-6-14(13)19/h7-10H,3-6H2,1-2H3,(H2,17,18,20,21). The summed E-state index contributed by atoms with van der Waals surface area (Å²) in [6.45, 7) is 3.77. The molecule has 0 aromatic heterocycles. The van der Waals surface area contributed by atoms with E-state index in [4.69, 9.17) is 4.74 Å². The number of fused-ring (bicyclic) bond motifs is 1. The van der Waals surface area contributed by atoms with Gasteiger partial charge >= 0.3 is 6.03 Å². The van der Waals surface area contributed by atoms with E-state index in [0.717, 1.165) is 24.0 Å². The van der Waals surface area contributed by atoms with Gasteiger partial charge in [-0.2, -0.15) is 0 Å². The van der Waals surface area contributed by atoms with Crippen LogP contribution in [0.25, 0.3) is 0 Å². The molecular formula is C16H20N2O4. The molecular weight excluding hydrogens is 284 g/mol. The normalized spacial score (nSPS) is 14.7. The van der Waals surface area contributed by atoms with Crippen LogP contribution >= 0.6 is 0 Å². The molecule has 0 bridgehead atoms. The SMILES string of the molecule is CCNC(=O)NC(=O)C(C)Oc1ccc2c(c1)CCCC2=O. The predicted molar refractivity (Wildman–Crippen MR) is 81.0 cm³/mol. The summed E-state index contributed by atoms with van der Waals surface area (Å²) in [6.07, 6.45) is 1.44. The molecule has 6 heteroatoms. The number of urea groups is 1. The Morgan fingerprint density at radius 1 is 1.32 bits per heavy atom. The number of imide groups is 1. The number of nitrogens with one attached hydrogen (secondary N) is 2. The minimum atomic E-state index is -0.806. The van der Waals surface area contributed by atoms with Crippen molar-refractivity contribution in [1.82, 2.24) is 10.6 Å². The second-order valence-electron chi connectivity index (χ2n) is 5.20. The number of hydrogen-bond donors (Lipinski definition) is 2. The summed E-state index contributed by atoms with van der Waals surface area (Å²) in [6, 6.07) is 4.67. The lowest BCUT2D eigenvalue weighted by Crippen LogP contribution is -2.45. The summed E-state index contributed by atoms with van der Waals surface area (Å²) in [5, 5.41) is 4.68. The molecule has 0 fully saturated rings. The van der Waals surface area contributed by atoms with Crippen molar-refractivity contribution in [2.45, 2.75) is 39.2 Å². The smallest absolute Gasteiger partial charge is 0.321 e. The van der Waals surface area contributed by atoms with Crippen LogP contribution in [-0.4, -0.2) is 30.4 Å². The highest BCUT2D eigenvalue weighted by Crippen LogP contribution is 2.25. The molecule has 3 amide bonds. The molecule has 1 atom stereocenters. The van der Waals surface area contributed by atoms with Crippen LogP contribution < -0.4 is 15.4 Å². The zero-order chi connectivity index (χ0) is 16.1. The topological polar surface area (TPSA) is 84.5 Å². The first kappa shape index (κ1) is 16.0. The van der Waals surface area contributed by atoms with Crippen molar-refractivity contribution in [2.24, 2.45) is 0 Å². The summed E-state index contributed by atoms with van der Waals surface area (Å²) in [7, 11) is 0. The summed E-state index contributed by atoms with van der Waals surface area (Å²) >= 11 is 0. The van der Waals surface area contributed by atoms with Gasteiger partial charge in [0, 0.05) is 18.5 Å². The summed E-state index contributed by atoms with van der Waals surface area (Å²) in [4.78, 5) is 34.9. The van der Waals surface area contributed by atoms with Gasteiger partial charge in [-0.3, -0.25) is 14.9 Å². The predicted octanol–water partition coefficient (Wildman–Crippen LogP) is 1.82. The van der Waals surface area contributed by atoms with Crippen LogP contribution in [-0.2, 0) is 11.2 Å². The van der Waals surface area contributed by atoms with Crippen LogP contribution in [0.1, 0.15) is 42.6 Å². The van der Waals surface area contributed by atoms with Gasteiger partial charge in [-0.1, -0.05) is 0 Å². The van der Waals surface area contributed by atoms with E-state index in [1.54, 1.807) is 32.0 Å². The number of aryl methyl sites for hydroxylation is 1. The van der Waals surface area contributed by atoms with Gasteiger partial charge < -0.3 is 10.1 Å². The van der Waals surface area contributed by atoms with E-state index in [9.17, 15) is 14.4 Å². The lowest BCUT2D eigenvalue weighted by atomic mass is 9.90. The Labute approximate surface area is 129 Å². The number of ether oxygens (including phenoxy) is 1. The molecule has 2 N–H and O–H groups in total. The van der Waals surface area contributed by atoms with Crippen molar-refractivity contribution in [1.29, 1.82) is 0 Å². The number of rotatable bonds is 4. The van der Waals surface area contributed by atoms with Crippen molar-refractivity contribution in [3.05, 3.63) is 29.3 Å². The number of hydrogen-bond acceptors (Lipinski definition) is 4. The summed E-state index contributed by atoms with van der Waals surface area (Å²) in [5.74, 6) is 0.154.